The quantitative estimate of drug-likeness (QED) is 0.365. The van der Waals surface area contributed by atoms with Gasteiger partial charge in [-0.05, 0) is 61.4 Å². The third-order valence-electron chi connectivity index (χ3n) is 8.09. The zero-order valence-electron chi connectivity index (χ0n) is 25.9. The Kier molecular flexibility index (Phi) is 12.7. The number of urea groups is 1. The van der Waals surface area contributed by atoms with E-state index in [2.05, 4.69) is 16.0 Å². The number of carbonyl (C=O) groups excluding carboxylic acids is 3. The van der Waals surface area contributed by atoms with Crippen molar-refractivity contribution in [1.82, 2.24) is 25.8 Å². The normalized spacial score (nSPS) is 17.4. The lowest BCUT2D eigenvalue weighted by Crippen LogP contribution is -2.57. The Morgan fingerprint density at radius 2 is 1.47 bits per heavy atom. The molecule has 43 heavy (non-hydrogen) atoms. The number of benzene rings is 2. The summed E-state index contributed by atoms with van der Waals surface area (Å²) in [6, 6.07) is 16.0. The highest BCUT2D eigenvalue weighted by Gasteiger charge is 2.31. The van der Waals surface area contributed by atoms with Crippen LogP contribution in [0.15, 0.2) is 54.6 Å². The number of carbonyl (C=O) groups is 3. The Morgan fingerprint density at radius 1 is 0.767 bits per heavy atom. The molecule has 234 valence electrons. The van der Waals surface area contributed by atoms with Crippen LogP contribution in [0, 0.1) is 5.92 Å². The van der Waals surface area contributed by atoms with E-state index >= 15 is 0 Å². The highest BCUT2D eigenvalue weighted by atomic mass is 16.5. The second kappa shape index (κ2) is 16.9. The molecule has 0 aromatic heterocycles. The van der Waals surface area contributed by atoms with Gasteiger partial charge in [-0.1, -0.05) is 69.2 Å². The largest absolute Gasteiger partial charge is 0.489 e. The first-order valence-corrected chi connectivity index (χ1v) is 16.0. The first kappa shape index (κ1) is 32.3. The second-order valence-corrected chi connectivity index (χ2v) is 12.1. The molecule has 0 radical (unpaired) electrons. The summed E-state index contributed by atoms with van der Waals surface area (Å²) in [5.74, 6) is 0.523. The molecule has 2 atom stereocenters. The molecule has 2 aromatic carbocycles. The van der Waals surface area contributed by atoms with Crippen LogP contribution in [-0.4, -0.2) is 79.0 Å². The molecule has 0 spiro atoms. The summed E-state index contributed by atoms with van der Waals surface area (Å²) in [5.41, 5.74) is 2.01. The monoisotopic (exact) mass is 591 g/mol. The van der Waals surface area contributed by atoms with Crippen LogP contribution in [0.4, 0.5) is 4.79 Å². The summed E-state index contributed by atoms with van der Waals surface area (Å²) in [7, 11) is 0. The van der Waals surface area contributed by atoms with E-state index in [-0.39, 0.29) is 23.8 Å². The predicted molar refractivity (Wildman–Crippen MR) is 169 cm³/mol. The van der Waals surface area contributed by atoms with E-state index < -0.39 is 12.1 Å². The molecule has 0 aliphatic carbocycles. The minimum atomic E-state index is -0.744. The van der Waals surface area contributed by atoms with E-state index in [4.69, 9.17) is 4.74 Å². The SMILES string of the molecule is CC(C)C[C@H](NC(=O)N1CCCCCC1)C(=O)N[C@@H](Cc1ccc(OCc2ccccc2)cc1)C(=O)N1CCCNCC1. The lowest BCUT2D eigenvalue weighted by Gasteiger charge is -2.30. The number of ether oxygens (including phenoxy) is 1. The molecule has 2 heterocycles. The Balaban J connectivity index is 1.45. The fraction of sp³-hybridized carbons (Fsp3) is 0.559. The van der Waals surface area contributed by atoms with Crippen LogP contribution in [0.5, 0.6) is 5.75 Å². The summed E-state index contributed by atoms with van der Waals surface area (Å²) in [6.45, 7) is 8.78. The molecule has 0 unspecified atom stereocenters. The molecule has 0 bridgehead atoms. The van der Waals surface area contributed by atoms with Gasteiger partial charge in [0.2, 0.25) is 11.8 Å². The van der Waals surface area contributed by atoms with Crippen molar-refractivity contribution in [3.8, 4) is 5.75 Å². The van der Waals surface area contributed by atoms with Crippen LogP contribution in [-0.2, 0) is 22.6 Å². The maximum atomic E-state index is 13.8. The summed E-state index contributed by atoms with van der Waals surface area (Å²) in [6.07, 6.45) is 5.90. The Morgan fingerprint density at radius 3 is 2.16 bits per heavy atom. The fourth-order valence-corrected chi connectivity index (χ4v) is 5.67. The van der Waals surface area contributed by atoms with Gasteiger partial charge in [0.1, 0.15) is 24.4 Å². The van der Waals surface area contributed by atoms with E-state index in [1.54, 1.807) is 0 Å². The number of hydrogen-bond acceptors (Lipinski definition) is 5. The average Bonchev–Trinajstić information content (AvgIpc) is 3.46. The van der Waals surface area contributed by atoms with Crippen LogP contribution in [0.1, 0.15) is 63.5 Å². The van der Waals surface area contributed by atoms with Crippen molar-refractivity contribution in [1.29, 1.82) is 0 Å². The smallest absolute Gasteiger partial charge is 0.318 e. The second-order valence-electron chi connectivity index (χ2n) is 12.1. The summed E-state index contributed by atoms with van der Waals surface area (Å²) >= 11 is 0. The third kappa shape index (κ3) is 10.6. The van der Waals surface area contributed by atoms with Gasteiger partial charge in [-0.15, -0.1) is 0 Å². The summed E-state index contributed by atoms with van der Waals surface area (Å²) < 4.78 is 5.94. The maximum absolute atomic E-state index is 13.8. The average molecular weight is 592 g/mol. The Bertz CT molecular complexity index is 1140. The lowest BCUT2D eigenvalue weighted by atomic mass is 10.0. The van der Waals surface area contributed by atoms with E-state index in [0.717, 1.165) is 62.1 Å². The van der Waals surface area contributed by atoms with Crippen LogP contribution in [0.3, 0.4) is 0 Å². The molecule has 2 fully saturated rings. The summed E-state index contributed by atoms with van der Waals surface area (Å²) in [5, 5.41) is 9.40. The predicted octanol–water partition coefficient (Wildman–Crippen LogP) is 4.12. The third-order valence-corrected chi connectivity index (χ3v) is 8.09. The highest BCUT2D eigenvalue weighted by molar-refractivity contribution is 5.92. The molecular formula is C34H49N5O4. The van der Waals surface area contributed by atoms with Gasteiger partial charge in [0.05, 0.1) is 0 Å². The van der Waals surface area contributed by atoms with Crippen molar-refractivity contribution < 1.29 is 19.1 Å². The number of amides is 4. The molecule has 2 aromatic rings. The van der Waals surface area contributed by atoms with Crippen molar-refractivity contribution in [2.45, 2.75) is 77.5 Å². The fourth-order valence-electron chi connectivity index (χ4n) is 5.67. The molecule has 4 amide bonds. The van der Waals surface area contributed by atoms with Gasteiger partial charge in [-0.25, -0.2) is 4.79 Å². The topological polar surface area (TPSA) is 103 Å². The van der Waals surface area contributed by atoms with Gasteiger partial charge < -0.3 is 30.5 Å². The number of nitrogens with one attached hydrogen (secondary N) is 3. The van der Waals surface area contributed by atoms with E-state index in [0.29, 0.717) is 45.6 Å². The Labute approximate surface area is 256 Å². The number of nitrogens with zero attached hydrogens (tertiary/aromatic N) is 2. The highest BCUT2D eigenvalue weighted by Crippen LogP contribution is 2.17. The van der Waals surface area contributed by atoms with Crippen molar-refractivity contribution in [3.63, 3.8) is 0 Å². The van der Waals surface area contributed by atoms with Crippen molar-refractivity contribution in [2.24, 2.45) is 5.92 Å². The van der Waals surface area contributed by atoms with E-state index in [9.17, 15) is 14.4 Å². The number of rotatable bonds is 11. The number of likely N-dealkylation sites (tertiary alicyclic amines) is 1. The molecule has 2 saturated heterocycles. The molecule has 0 saturated carbocycles. The van der Waals surface area contributed by atoms with Crippen LogP contribution >= 0.6 is 0 Å². The van der Waals surface area contributed by atoms with E-state index in [1.165, 1.54) is 0 Å². The van der Waals surface area contributed by atoms with Gasteiger partial charge in [-0.2, -0.15) is 0 Å². The van der Waals surface area contributed by atoms with Crippen molar-refractivity contribution in [2.75, 3.05) is 39.3 Å². The first-order valence-electron chi connectivity index (χ1n) is 16.0. The zero-order valence-corrected chi connectivity index (χ0v) is 25.9. The van der Waals surface area contributed by atoms with Crippen molar-refractivity contribution >= 4 is 17.8 Å². The molecule has 2 aliphatic heterocycles. The van der Waals surface area contributed by atoms with Crippen LogP contribution in [0.2, 0.25) is 0 Å². The zero-order chi connectivity index (χ0) is 30.4. The summed E-state index contributed by atoms with van der Waals surface area (Å²) in [4.78, 5) is 44.4. The van der Waals surface area contributed by atoms with Gasteiger partial charge in [-0.3, -0.25) is 9.59 Å². The molecule has 4 rings (SSSR count). The standard InChI is InChI=1S/C34H49N5O4/c1-26(2)23-30(37-34(42)39-19-8-3-4-9-20-39)32(40)36-31(33(41)38-21-10-17-35-18-22-38)24-27-13-15-29(16-14-27)43-25-28-11-6-5-7-12-28/h5-7,11-16,26,30-31,35H,3-4,8-10,17-25H2,1-2H3,(H,36,40)(H,37,42)/t30-,31-/m0/s1. The minimum Gasteiger partial charge on any atom is -0.489 e. The molecule has 9 heteroatoms. The molecule has 3 N–H and O–H groups in total. The van der Waals surface area contributed by atoms with Gasteiger partial charge >= 0.3 is 6.03 Å². The van der Waals surface area contributed by atoms with Crippen LogP contribution in [0.25, 0.3) is 0 Å². The molecule has 9 nitrogen and oxygen atoms in total. The van der Waals surface area contributed by atoms with E-state index in [1.807, 2.05) is 78.2 Å². The number of hydrogen-bond donors (Lipinski definition) is 3. The molecule has 2 aliphatic rings. The van der Waals surface area contributed by atoms with Gasteiger partial charge in [0.15, 0.2) is 0 Å². The first-order chi connectivity index (χ1) is 20.9. The van der Waals surface area contributed by atoms with Gasteiger partial charge in [0, 0.05) is 39.1 Å². The van der Waals surface area contributed by atoms with Crippen LogP contribution < -0.4 is 20.7 Å². The maximum Gasteiger partial charge on any atom is 0.318 e. The Hall–Kier alpha value is -3.59. The van der Waals surface area contributed by atoms with Crippen molar-refractivity contribution in [3.05, 3.63) is 65.7 Å². The lowest BCUT2D eigenvalue weighted by molar-refractivity contribution is -0.136. The minimum absolute atomic E-state index is 0.0939. The molecular weight excluding hydrogens is 542 g/mol. The van der Waals surface area contributed by atoms with Gasteiger partial charge in [0.25, 0.3) is 0 Å².